The number of hydrazone groups is 1. The smallest absolute Gasteiger partial charge is 0.277 e. The fourth-order valence-electron chi connectivity index (χ4n) is 1.80. The number of aliphatic hydroxyl groups excluding tert-OH is 1. The van der Waals surface area contributed by atoms with Crippen LogP contribution >= 0.6 is 11.6 Å². The average molecular weight is 350 g/mol. The molecule has 0 aliphatic carbocycles. The molecule has 0 saturated heterocycles. The monoisotopic (exact) mass is 349 g/mol. The van der Waals surface area contributed by atoms with Crippen LogP contribution in [0.4, 0.5) is 0 Å². The number of nitrogens with zero attached hydrogens (tertiary/aromatic N) is 2. The van der Waals surface area contributed by atoms with Gasteiger partial charge in [-0.05, 0) is 31.2 Å². The molecule has 126 valence electrons. The number of rotatable bonds is 6. The molecule has 1 aromatic carbocycles. The van der Waals surface area contributed by atoms with E-state index in [0.29, 0.717) is 27.6 Å². The number of amides is 1. The van der Waals surface area contributed by atoms with Gasteiger partial charge in [-0.1, -0.05) is 11.6 Å². The maximum atomic E-state index is 11.7. The first-order valence-corrected chi connectivity index (χ1v) is 7.37. The Balaban J connectivity index is 1.93. The van der Waals surface area contributed by atoms with E-state index >= 15 is 0 Å². The Morgan fingerprint density at radius 3 is 2.79 bits per heavy atom. The summed E-state index contributed by atoms with van der Waals surface area (Å²) < 4.78 is 5.27. The molecule has 0 fully saturated rings. The van der Waals surface area contributed by atoms with Crippen LogP contribution in [0.3, 0.4) is 0 Å². The Hall–Kier alpha value is -2.64. The molecule has 2 rings (SSSR count). The molecule has 3 N–H and O–H groups in total. The Morgan fingerprint density at radius 2 is 2.12 bits per heavy atom. The van der Waals surface area contributed by atoms with Crippen molar-refractivity contribution >= 4 is 23.7 Å². The highest BCUT2D eigenvalue weighted by Gasteiger charge is 2.09. The van der Waals surface area contributed by atoms with E-state index in [0.717, 1.165) is 0 Å². The van der Waals surface area contributed by atoms with Gasteiger partial charge in [0.25, 0.3) is 5.91 Å². The zero-order valence-corrected chi connectivity index (χ0v) is 13.6. The summed E-state index contributed by atoms with van der Waals surface area (Å²) >= 11 is 5.75. The standard InChI is InChI=1S/C16H16ClN3O4/c1-10-16(23)14(11(8-21)6-18-10)7-19-20-15(22)9-24-13-4-2-12(17)3-5-13/h2-7,21,23H,8-9H2,1H3,(H,20,22)/b19-7+. The molecule has 0 spiro atoms. The second-order valence-electron chi connectivity index (χ2n) is 4.83. The van der Waals surface area contributed by atoms with E-state index in [2.05, 4.69) is 15.5 Å². The maximum Gasteiger partial charge on any atom is 0.277 e. The zero-order chi connectivity index (χ0) is 17.5. The van der Waals surface area contributed by atoms with Crippen molar-refractivity contribution in [2.24, 2.45) is 5.10 Å². The van der Waals surface area contributed by atoms with Crippen LogP contribution in [0, 0.1) is 6.92 Å². The minimum Gasteiger partial charge on any atom is -0.505 e. The fourth-order valence-corrected chi connectivity index (χ4v) is 1.93. The van der Waals surface area contributed by atoms with Crippen LogP contribution < -0.4 is 10.2 Å². The third-order valence-electron chi connectivity index (χ3n) is 3.09. The Labute approximate surface area is 143 Å². The van der Waals surface area contributed by atoms with Crippen molar-refractivity contribution in [3.8, 4) is 11.5 Å². The quantitative estimate of drug-likeness (QED) is 0.544. The zero-order valence-electron chi connectivity index (χ0n) is 12.9. The van der Waals surface area contributed by atoms with E-state index in [1.54, 1.807) is 31.2 Å². The number of hydrogen-bond acceptors (Lipinski definition) is 6. The van der Waals surface area contributed by atoms with E-state index in [-0.39, 0.29) is 19.0 Å². The van der Waals surface area contributed by atoms with Crippen LogP contribution in [0.2, 0.25) is 5.02 Å². The number of hydrogen-bond donors (Lipinski definition) is 3. The first-order valence-electron chi connectivity index (χ1n) is 7.00. The van der Waals surface area contributed by atoms with Gasteiger partial charge in [0, 0.05) is 22.3 Å². The summed E-state index contributed by atoms with van der Waals surface area (Å²) in [5.74, 6) is -0.0718. The van der Waals surface area contributed by atoms with Crippen molar-refractivity contribution in [3.63, 3.8) is 0 Å². The number of halogens is 1. The molecule has 0 aliphatic heterocycles. The summed E-state index contributed by atoms with van der Waals surface area (Å²) in [5.41, 5.74) is 3.36. The first kappa shape index (κ1) is 17.7. The minimum absolute atomic E-state index is 0.100. The molecule has 1 aromatic heterocycles. The Kier molecular flexibility index (Phi) is 6.11. The van der Waals surface area contributed by atoms with E-state index in [1.807, 2.05) is 0 Å². The number of aromatic hydroxyl groups is 1. The summed E-state index contributed by atoms with van der Waals surface area (Å²) in [4.78, 5) is 15.6. The summed E-state index contributed by atoms with van der Waals surface area (Å²) in [5, 5.41) is 23.5. The van der Waals surface area contributed by atoms with Crippen molar-refractivity contribution in [2.75, 3.05) is 6.61 Å². The van der Waals surface area contributed by atoms with Gasteiger partial charge in [-0.3, -0.25) is 9.78 Å². The SMILES string of the molecule is Cc1ncc(CO)c(/C=N/NC(=O)COc2ccc(Cl)cc2)c1O. The Bertz CT molecular complexity index is 748. The lowest BCUT2D eigenvalue weighted by Gasteiger charge is -2.07. The summed E-state index contributed by atoms with van der Waals surface area (Å²) in [6, 6.07) is 6.59. The van der Waals surface area contributed by atoms with Gasteiger partial charge >= 0.3 is 0 Å². The molecule has 0 aliphatic rings. The molecule has 0 bridgehead atoms. The predicted molar refractivity (Wildman–Crippen MR) is 89.2 cm³/mol. The fraction of sp³-hybridized carbons (Fsp3) is 0.188. The number of ether oxygens (including phenoxy) is 1. The molecule has 0 radical (unpaired) electrons. The van der Waals surface area contributed by atoms with Gasteiger partial charge in [0.2, 0.25) is 0 Å². The molecular weight excluding hydrogens is 334 g/mol. The van der Waals surface area contributed by atoms with E-state index < -0.39 is 5.91 Å². The number of carbonyl (C=O) groups is 1. The first-order chi connectivity index (χ1) is 11.5. The van der Waals surface area contributed by atoms with Crippen LogP contribution in [-0.4, -0.2) is 33.9 Å². The van der Waals surface area contributed by atoms with E-state index in [1.165, 1.54) is 12.4 Å². The summed E-state index contributed by atoms with van der Waals surface area (Å²) in [6.45, 7) is 1.08. The molecule has 1 heterocycles. The lowest BCUT2D eigenvalue weighted by atomic mass is 10.1. The number of carbonyl (C=O) groups excluding carboxylic acids is 1. The molecule has 7 nitrogen and oxygen atoms in total. The van der Waals surface area contributed by atoms with Gasteiger partial charge < -0.3 is 14.9 Å². The second kappa shape index (κ2) is 8.28. The van der Waals surface area contributed by atoms with Gasteiger partial charge in [0.1, 0.15) is 11.5 Å². The molecular formula is C16H16ClN3O4. The third-order valence-corrected chi connectivity index (χ3v) is 3.35. The summed E-state index contributed by atoms with van der Waals surface area (Å²) in [7, 11) is 0. The van der Waals surface area contributed by atoms with Crippen molar-refractivity contribution < 1.29 is 19.7 Å². The number of aryl methyl sites for hydroxylation is 1. The average Bonchev–Trinajstić information content (AvgIpc) is 2.58. The normalized spacial score (nSPS) is 10.8. The van der Waals surface area contributed by atoms with Crippen molar-refractivity contribution in [1.82, 2.24) is 10.4 Å². The molecule has 0 saturated carbocycles. The van der Waals surface area contributed by atoms with Crippen LogP contribution in [0.5, 0.6) is 11.5 Å². The van der Waals surface area contributed by atoms with Crippen LogP contribution in [0.25, 0.3) is 0 Å². The Morgan fingerprint density at radius 1 is 1.42 bits per heavy atom. The van der Waals surface area contributed by atoms with E-state index in [9.17, 15) is 15.0 Å². The summed E-state index contributed by atoms with van der Waals surface area (Å²) in [6.07, 6.45) is 2.68. The van der Waals surface area contributed by atoms with Crippen LogP contribution in [-0.2, 0) is 11.4 Å². The van der Waals surface area contributed by atoms with Crippen molar-refractivity contribution in [3.05, 3.63) is 52.3 Å². The maximum absolute atomic E-state index is 11.7. The van der Waals surface area contributed by atoms with Crippen LogP contribution in [0.15, 0.2) is 35.6 Å². The van der Waals surface area contributed by atoms with Crippen LogP contribution in [0.1, 0.15) is 16.8 Å². The molecule has 0 unspecified atom stereocenters. The van der Waals surface area contributed by atoms with Gasteiger partial charge in [-0.15, -0.1) is 0 Å². The largest absolute Gasteiger partial charge is 0.505 e. The molecule has 8 heteroatoms. The van der Waals surface area contributed by atoms with Gasteiger partial charge in [-0.2, -0.15) is 5.10 Å². The highest BCUT2D eigenvalue weighted by Crippen LogP contribution is 2.21. The van der Waals surface area contributed by atoms with Gasteiger partial charge in [0.15, 0.2) is 6.61 Å². The number of aliphatic hydroxyl groups is 1. The van der Waals surface area contributed by atoms with Crippen molar-refractivity contribution in [2.45, 2.75) is 13.5 Å². The molecule has 1 amide bonds. The van der Waals surface area contributed by atoms with Gasteiger partial charge in [0.05, 0.1) is 18.5 Å². The number of pyridine rings is 1. The van der Waals surface area contributed by atoms with E-state index in [4.69, 9.17) is 16.3 Å². The molecule has 24 heavy (non-hydrogen) atoms. The third kappa shape index (κ3) is 4.68. The minimum atomic E-state index is -0.475. The topological polar surface area (TPSA) is 104 Å². The lowest BCUT2D eigenvalue weighted by molar-refractivity contribution is -0.123. The highest BCUT2D eigenvalue weighted by molar-refractivity contribution is 6.30. The highest BCUT2D eigenvalue weighted by atomic mass is 35.5. The number of benzene rings is 1. The number of aromatic nitrogens is 1. The van der Waals surface area contributed by atoms with Gasteiger partial charge in [-0.25, -0.2) is 5.43 Å². The lowest BCUT2D eigenvalue weighted by Crippen LogP contribution is -2.24. The molecule has 2 aromatic rings. The molecule has 0 atom stereocenters. The predicted octanol–water partition coefficient (Wildman–Crippen LogP) is 1.77. The van der Waals surface area contributed by atoms with Crippen molar-refractivity contribution in [1.29, 1.82) is 0 Å². The number of nitrogens with one attached hydrogen (secondary N) is 1. The second-order valence-corrected chi connectivity index (χ2v) is 5.26.